The third-order valence-corrected chi connectivity index (χ3v) is 10.1. The van der Waals surface area contributed by atoms with Crippen molar-refractivity contribution in [2.45, 2.75) is 77.4 Å². The van der Waals surface area contributed by atoms with Crippen molar-refractivity contribution in [1.82, 2.24) is 14.8 Å². The third kappa shape index (κ3) is 8.26. The Morgan fingerprint density at radius 3 is 2.43 bits per heavy atom. The van der Waals surface area contributed by atoms with Crippen molar-refractivity contribution >= 4 is 40.9 Å². The lowest BCUT2D eigenvalue weighted by atomic mass is 9.87. The maximum Gasteiger partial charge on any atom is 0.255 e. The Kier molecular flexibility index (Phi) is 10.8. The van der Waals surface area contributed by atoms with Crippen molar-refractivity contribution in [3.05, 3.63) is 135 Å². The second-order valence-electron chi connectivity index (χ2n) is 13.8. The first-order valence-corrected chi connectivity index (χ1v) is 18.5. The molecule has 264 valence electrons. The average Bonchev–Trinajstić information content (AvgIpc) is 3.50. The average molecular weight is 722 g/mol. The van der Waals surface area contributed by atoms with Crippen molar-refractivity contribution in [2.24, 2.45) is 0 Å². The zero-order chi connectivity index (χ0) is 36.3. The zero-order valence-electron chi connectivity index (χ0n) is 30.1. The minimum atomic E-state index is -0.604. The number of benzene rings is 4. The number of nitrogens with one attached hydrogen (secondary N) is 2. The predicted octanol–water partition coefficient (Wildman–Crippen LogP) is 10.0. The van der Waals surface area contributed by atoms with Gasteiger partial charge < -0.3 is 20.1 Å². The van der Waals surface area contributed by atoms with Crippen LogP contribution in [0.25, 0.3) is 0 Å². The maximum atomic E-state index is 14.2. The van der Waals surface area contributed by atoms with Crippen LogP contribution in [0.2, 0.25) is 5.02 Å². The molecule has 0 bridgehead atoms. The van der Waals surface area contributed by atoms with E-state index in [4.69, 9.17) is 31.2 Å². The van der Waals surface area contributed by atoms with E-state index in [0.717, 1.165) is 33.5 Å². The quantitative estimate of drug-likeness (QED) is 0.131. The van der Waals surface area contributed by atoms with Crippen molar-refractivity contribution in [2.75, 3.05) is 17.2 Å². The second kappa shape index (κ2) is 15.3. The van der Waals surface area contributed by atoms with Gasteiger partial charge in [0.15, 0.2) is 11.5 Å². The van der Waals surface area contributed by atoms with Crippen LogP contribution in [-0.4, -0.2) is 27.3 Å². The SMILES string of the molecule is CCOc1cc(C2C(C(=O)Nc3ccc(C)cc3C)=C(C)Nc3nc(SCc4ccccc4Cl)nn32)ccc1OCc1ccc(C(C)(C)C)cc1. The molecule has 1 aromatic heterocycles. The summed E-state index contributed by atoms with van der Waals surface area (Å²) in [6.07, 6.45) is 0. The number of ether oxygens (including phenoxy) is 2. The normalized spacial score (nSPS) is 14.2. The minimum absolute atomic E-state index is 0.0759. The van der Waals surface area contributed by atoms with E-state index in [9.17, 15) is 4.79 Å². The molecule has 1 aliphatic heterocycles. The summed E-state index contributed by atoms with van der Waals surface area (Å²) in [6, 6.07) is 27.4. The number of halogens is 1. The Hall–Kier alpha value is -4.73. The molecule has 0 fully saturated rings. The molecule has 1 unspecified atom stereocenters. The Morgan fingerprint density at radius 1 is 0.961 bits per heavy atom. The van der Waals surface area contributed by atoms with Gasteiger partial charge in [0.1, 0.15) is 12.6 Å². The van der Waals surface area contributed by atoms with Gasteiger partial charge in [-0.2, -0.15) is 4.98 Å². The number of thioether (sulfide) groups is 1. The Bertz CT molecular complexity index is 2080. The van der Waals surface area contributed by atoms with E-state index in [2.05, 4.69) is 61.7 Å². The van der Waals surface area contributed by atoms with E-state index < -0.39 is 6.04 Å². The molecule has 0 saturated carbocycles. The monoisotopic (exact) mass is 721 g/mol. The molecule has 10 heteroatoms. The number of hydrogen-bond donors (Lipinski definition) is 2. The number of rotatable bonds is 11. The van der Waals surface area contributed by atoms with Gasteiger partial charge in [0.05, 0.1) is 12.2 Å². The highest BCUT2D eigenvalue weighted by atomic mass is 35.5. The summed E-state index contributed by atoms with van der Waals surface area (Å²) < 4.78 is 14.2. The first kappa shape index (κ1) is 36.1. The Labute approximate surface area is 309 Å². The summed E-state index contributed by atoms with van der Waals surface area (Å²) in [7, 11) is 0. The molecule has 4 aromatic carbocycles. The van der Waals surface area contributed by atoms with E-state index in [1.807, 2.05) is 82.3 Å². The second-order valence-corrected chi connectivity index (χ2v) is 15.1. The molecule has 0 saturated heterocycles. The molecular weight excluding hydrogens is 678 g/mol. The van der Waals surface area contributed by atoms with E-state index in [0.29, 0.717) is 57.9 Å². The van der Waals surface area contributed by atoms with Crippen molar-refractivity contribution in [3.63, 3.8) is 0 Å². The van der Waals surface area contributed by atoms with E-state index in [1.54, 1.807) is 4.68 Å². The van der Waals surface area contributed by atoms with Gasteiger partial charge in [-0.25, -0.2) is 4.68 Å². The van der Waals surface area contributed by atoms with Gasteiger partial charge in [-0.05, 0) is 85.2 Å². The molecule has 1 aliphatic rings. The van der Waals surface area contributed by atoms with Crippen LogP contribution in [0.4, 0.5) is 11.6 Å². The molecule has 2 heterocycles. The van der Waals surface area contributed by atoms with Crippen LogP contribution in [0.15, 0.2) is 101 Å². The number of hydrogen-bond acceptors (Lipinski definition) is 7. The standard InChI is InChI=1S/C41H44ClN5O3S/c1-8-49-35-22-29(16-20-34(35)50-23-28-14-17-31(18-15-28)41(5,6)7)37-36(38(48)44-33-19-13-25(2)21-26(33)3)27(4)43-39-45-40(46-47(37)39)51-24-30-11-9-10-12-32(30)42/h9-22,37H,8,23-24H2,1-7H3,(H,44,48)(H,43,45,46). The fourth-order valence-corrected chi connectivity index (χ4v) is 7.16. The lowest BCUT2D eigenvalue weighted by Crippen LogP contribution is -2.31. The first-order valence-electron chi connectivity index (χ1n) is 17.1. The lowest BCUT2D eigenvalue weighted by molar-refractivity contribution is -0.113. The highest BCUT2D eigenvalue weighted by Gasteiger charge is 2.35. The van der Waals surface area contributed by atoms with Gasteiger partial charge in [0.2, 0.25) is 11.1 Å². The van der Waals surface area contributed by atoms with Gasteiger partial charge >= 0.3 is 0 Å². The number of fused-ring (bicyclic) bond motifs is 1. The van der Waals surface area contributed by atoms with Crippen LogP contribution in [-0.2, 0) is 22.6 Å². The van der Waals surface area contributed by atoms with Crippen LogP contribution in [0, 0.1) is 13.8 Å². The molecule has 0 radical (unpaired) electrons. The topological polar surface area (TPSA) is 90.3 Å². The van der Waals surface area contributed by atoms with Gasteiger partial charge in [-0.1, -0.05) is 110 Å². The molecule has 1 amide bonds. The van der Waals surface area contributed by atoms with Crippen LogP contribution in [0.1, 0.15) is 74.0 Å². The van der Waals surface area contributed by atoms with E-state index in [-0.39, 0.29) is 11.3 Å². The number of carbonyl (C=O) groups excluding carboxylic acids is 1. The van der Waals surface area contributed by atoms with Gasteiger partial charge in [0.25, 0.3) is 5.91 Å². The number of anilines is 2. The van der Waals surface area contributed by atoms with Crippen molar-refractivity contribution in [3.8, 4) is 11.5 Å². The maximum absolute atomic E-state index is 14.2. The number of amides is 1. The molecule has 8 nitrogen and oxygen atoms in total. The molecule has 0 spiro atoms. The molecule has 51 heavy (non-hydrogen) atoms. The van der Waals surface area contributed by atoms with Gasteiger partial charge in [-0.15, -0.1) is 5.10 Å². The fourth-order valence-electron chi connectivity index (χ4n) is 6.04. The molecule has 6 rings (SSSR count). The number of carbonyl (C=O) groups is 1. The highest BCUT2D eigenvalue weighted by molar-refractivity contribution is 7.98. The van der Waals surface area contributed by atoms with Crippen molar-refractivity contribution in [1.29, 1.82) is 0 Å². The third-order valence-electron chi connectivity index (χ3n) is 8.82. The smallest absolute Gasteiger partial charge is 0.255 e. The zero-order valence-corrected chi connectivity index (χ0v) is 31.7. The molecule has 0 aliphatic carbocycles. The van der Waals surface area contributed by atoms with Crippen LogP contribution >= 0.6 is 23.4 Å². The summed E-state index contributed by atoms with van der Waals surface area (Å²) in [4.78, 5) is 19.1. The van der Waals surface area contributed by atoms with E-state index in [1.165, 1.54) is 17.3 Å². The van der Waals surface area contributed by atoms with Gasteiger partial charge in [0, 0.05) is 22.2 Å². The summed E-state index contributed by atoms with van der Waals surface area (Å²) in [5.41, 5.74) is 8.26. The first-order chi connectivity index (χ1) is 24.4. The number of allylic oxidation sites excluding steroid dienone is 1. The van der Waals surface area contributed by atoms with Gasteiger partial charge in [-0.3, -0.25) is 4.79 Å². The number of aryl methyl sites for hydroxylation is 2. The number of nitrogens with zero attached hydrogens (tertiary/aromatic N) is 3. The van der Waals surface area contributed by atoms with Crippen LogP contribution < -0.4 is 20.1 Å². The summed E-state index contributed by atoms with van der Waals surface area (Å²) in [6.45, 7) is 15.3. The largest absolute Gasteiger partial charge is 0.490 e. The van der Waals surface area contributed by atoms with Crippen LogP contribution in [0.5, 0.6) is 11.5 Å². The Balaban J connectivity index is 1.34. The highest BCUT2D eigenvalue weighted by Crippen LogP contribution is 2.41. The summed E-state index contributed by atoms with van der Waals surface area (Å²) in [5.74, 6) is 2.10. The molecule has 2 N–H and O–H groups in total. The molecule has 1 atom stereocenters. The predicted molar refractivity (Wildman–Crippen MR) is 207 cm³/mol. The fraction of sp³-hybridized carbons (Fsp3) is 0.293. The Morgan fingerprint density at radius 2 is 1.73 bits per heavy atom. The lowest BCUT2D eigenvalue weighted by Gasteiger charge is -2.29. The van der Waals surface area contributed by atoms with Crippen LogP contribution in [0.3, 0.4) is 0 Å². The van der Waals surface area contributed by atoms with E-state index >= 15 is 0 Å². The molecule has 5 aromatic rings. The minimum Gasteiger partial charge on any atom is -0.490 e. The summed E-state index contributed by atoms with van der Waals surface area (Å²) in [5, 5.41) is 12.7. The number of aromatic nitrogens is 3. The molecular formula is C41H44ClN5O3S. The summed E-state index contributed by atoms with van der Waals surface area (Å²) >= 11 is 7.93. The van der Waals surface area contributed by atoms with Crippen molar-refractivity contribution < 1.29 is 14.3 Å².